The number of hydrogen-bond acceptors (Lipinski definition) is 2. The summed E-state index contributed by atoms with van der Waals surface area (Å²) in [4.78, 5) is 12.1. The van der Waals surface area contributed by atoms with Crippen molar-refractivity contribution in [3.63, 3.8) is 0 Å². The average molecular weight is 279 g/mol. The molecule has 0 fully saturated rings. The summed E-state index contributed by atoms with van der Waals surface area (Å²) in [5, 5.41) is 11.7. The lowest BCUT2D eigenvalue weighted by atomic mass is 10.1. The quantitative estimate of drug-likeness (QED) is 0.847. The maximum Gasteiger partial charge on any atom is 0.251 e. The highest BCUT2D eigenvalue weighted by atomic mass is 16.2. The average Bonchev–Trinajstić information content (AvgIpc) is 2.51. The van der Waals surface area contributed by atoms with Crippen molar-refractivity contribution in [2.75, 3.05) is 6.61 Å². The smallest absolute Gasteiger partial charge is 0.251 e. The Labute approximate surface area is 124 Å². The van der Waals surface area contributed by atoms with E-state index in [0.717, 1.165) is 16.7 Å². The van der Waals surface area contributed by atoms with Gasteiger partial charge in [-0.05, 0) is 30.7 Å². The van der Waals surface area contributed by atoms with Crippen molar-refractivity contribution in [2.45, 2.75) is 13.5 Å². The van der Waals surface area contributed by atoms with Crippen LogP contribution in [0.1, 0.15) is 27.0 Å². The molecule has 0 bridgehead atoms. The van der Waals surface area contributed by atoms with Crippen LogP contribution in [0, 0.1) is 18.8 Å². The van der Waals surface area contributed by atoms with Crippen LogP contribution in [0.2, 0.25) is 0 Å². The number of carbonyl (C=O) groups is 1. The minimum atomic E-state index is -0.177. The molecule has 0 spiro atoms. The van der Waals surface area contributed by atoms with Gasteiger partial charge in [0.1, 0.15) is 6.61 Å². The fourth-order valence-corrected chi connectivity index (χ4v) is 2.00. The highest BCUT2D eigenvalue weighted by Gasteiger charge is 2.06. The summed E-state index contributed by atoms with van der Waals surface area (Å²) >= 11 is 0. The van der Waals surface area contributed by atoms with E-state index in [1.54, 1.807) is 6.07 Å². The molecule has 0 aliphatic carbocycles. The molecule has 3 nitrogen and oxygen atoms in total. The van der Waals surface area contributed by atoms with E-state index in [1.807, 2.05) is 49.4 Å². The maximum absolute atomic E-state index is 12.1. The standard InChI is InChI=1S/C18H17NO2/c1-14-6-4-9-16(12-14)18(21)19-13-17-8-3-2-7-15(17)10-5-11-20/h2-4,6-9,12,20H,11,13H2,1H3,(H,19,21). The predicted molar refractivity (Wildman–Crippen MR) is 82.8 cm³/mol. The monoisotopic (exact) mass is 279 g/mol. The van der Waals surface area contributed by atoms with Gasteiger partial charge in [-0.2, -0.15) is 0 Å². The molecule has 2 N–H and O–H groups in total. The van der Waals surface area contributed by atoms with Gasteiger partial charge in [0.2, 0.25) is 0 Å². The summed E-state index contributed by atoms with van der Waals surface area (Å²) in [6, 6.07) is 15.0. The first-order valence-corrected chi connectivity index (χ1v) is 6.73. The number of hydrogen-bond donors (Lipinski definition) is 2. The van der Waals surface area contributed by atoms with Crippen LogP contribution in [-0.4, -0.2) is 17.6 Å². The van der Waals surface area contributed by atoms with E-state index >= 15 is 0 Å². The lowest BCUT2D eigenvalue weighted by Crippen LogP contribution is -2.23. The van der Waals surface area contributed by atoms with Crippen LogP contribution >= 0.6 is 0 Å². The highest BCUT2D eigenvalue weighted by molar-refractivity contribution is 5.94. The van der Waals surface area contributed by atoms with Crippen molar-refractivity contribution in [1.82, 2.24) is 5.32 Å². The molecule has 0 aliphatic rings. The Morgan fingerprint density at radius 3 is 2.76 bits per heavy atom. The van der Waals surface area contributed by atoms with Gasteiger partial charge in [0.05, 0.1) is 0 Å². The van der Waals surface area contributed by atoms with Crippen LogP contribution in [0.15, 0.2) is 48.5 Å². The van der Waals surface area contributed by atoms with E-state index < -0.39 is 0 Å². The lowest BCUT2D eigenvalue weighted by Gasteiger charge is -2.08. The van der Waals surface area contributed by atoms with Gasteiger partial charge in [-0.1, -0.05) is 47.7 Å². The molecule has 3 heteroatoms. The Hall–Kier alpha value is -2.57. The first-order valence-electron chi connectivity index (χ1n) is 6.73. The zero-order valence-electron chi connectivity index (χ0n) is 11.9. The Bertz CT molecular complexity index is 696. The van der Waals surface area contributed by atoms with Crippen molar-refractivity contribution in [3.8, 4) is 11.8 Å². The molecule has 0 saturated heterocycles. The third-order valence-electron chi connectivity index (χ3n) is 3.04. The van der Waals surface area contributed by atoms with Crippen molar-refractivity contribution >= 4 is 5.91 Å². The summed E-state index contributed by atoms with van der Waals surface area (Å²) < 4.78 is 0. The van der Waals surface area contributed by atoms with Crippen LogP contribution in [0.25, 0.3) is 0 Å². The van der Waals surface area contributed by atoms with Gasteiger partial charge in [0.25, 0.3) is 5.91 Å². The predicted octanol–water partition coefficient (Wildman–Crippen LogP) is 2.27. The van der Waals surface area contributed by atoms with Crippen LogP contribution in [0.5, 0.6) is 0 Å². The van der Waals surface area contributed by atoms with Crippen LogP contribution in [0.3, 0.4) is 0 Å². The van der Waals surface area contributed by atoms with Crippen LogP contribution < -0.4 is 5.32 Å². The van der Waals surface area contributed by atoms with E-state index in [9.17, 15) is 4.79 Å². The fraction of sp³-hybridized carbons (Fsp3) is 0.167. The fourth-order valence-electron chi connectivity index (χ4n) is 2.00. The largest absolute Gasteiger partial charge is 0.384 e. The Morgan fingerprint density at radius 2 is 2.00 bits per heavy atom. The molecule has 0 aliphatic heterocycles. The lowest BCUT2D eigenvalue weighted by molar-refractivity contribution is 0.0951. The van der Waals surface area contributed by atoms with Crippen molar-refractivity contribution in [3.05, 3.63) is 70.8 Å². The van der Waals surface area contributed by atoms with Gasteiger partial charge < -0.3 is 10.4 Å². The van der Waals surface area contributed by atoms with Gasteiger partial charge in [0.15, 0.2) is 0 Å². The summed E-state index contributed by atoms with van der Waals surface area (Å²) in [6.07, 6.45) is 0. The first-order chi connectivity index (χ1) is 10.2. The molecular weight excluding hydrogens is 262 g/mol. The van der Waals surface area contributed by atoms with Gasteiger partial charge in [-0.25, -0.2) is 0 Å². The number of aliphatic hydroxyl groups is 1. The number of aryl methyl sites for hydroxylation is 1. The molecule has 2 aromatic carbocycles. The molecule has 106 valence electrons. The molecule has 2 aromatic rings. The molecule has 1 amide bonds. The van der Waals surface area contributed by atoms with Crippen LogP contribution in [-0.2, 0) is 6.54 Å². The molecule has 2 rings (SSSR count). The topological polar surface area (TPSA) is 49.3 Å². The summed E-state index contributed by atoms with van der Waals surface area (Å²) in [5.74, 6) is 5.40. The minimum absolute atomic E-state index is 0.108. The summed E-state index contributed by atoms with van der Waals surface area (Å²) in [7, 11) is 0. The van der Waals surface area contributed by atoms with Crippen LogP contribution in [0.4, 0.5) is 0 Å². The number of amides is 1. The van der Waals surface area contributed by atoms with Crippen molar-refractivity contribution < 1.29 is 9.90 Å². The van der Waals surface area contributed by atoms with Gasteiger partial charge >= 0.3 is 0 Å². The van der Waals surface area contributed by atoms with Gasteiger partial charge in [-0.15, -0.1) is 0 Å². The zero-order valence-corrected chi connectivity index (χ0v) is 11.9. The van der Waals surface area contributed by atoms with E-state index in [-0.39, 0.29) is 12.5 Å². The molecule has 0 saturated carbocycles. The third kappa shape index (κ3) is 4.20. The molecular formula is C18H17NO2. The van der Waals surface area contributed by atoms with E-state index in [1.165, 1.54) is 0 Å². The van der Waals surface area contributed by atoms with Gasteiger partial charge in [0, 0.05) is 17.7 Å². The van der Waals surface area contributed by atoms with E-state index in [2.05, 4.69) is 17.2 Å². The second-order valence-electron chi connectivity index (χ2n) is 4.67. The number of aliphatic hydroxyl groups excluding tert-OH is 1. The normalized spacial score (nSPS) is 9.62. The molecule has 0 atom stereocenters. The zero-order chi connectivity index (χ0) is 15.1. The van der Waals surface area contributed by atoms with E-state index in [4.69, 9.17) is 5.11 Å². The molecule has 0 aromatic heterocycles. The number of rotatable bonds is 3. The second kappa shape index (κ2) is 7.28. The first kappa shape index (κ1) is 14.8. The molecule has 0 heterocycles. The van der Waals surface area contributed by atoms with Crippen molar-refractivity contribution in [2.24, 2.45) is 0 Å². The minimum Gasteiger partial charge on any atom is -0.384 e. The van der Waals surface area contributed by atoms with E-state index in [0.29, 0.717) is 12.1 Å². The number of benzene rings is 2. The molecule has 0 unspecified atom stereocenters. The SMILES string of the molecule is Cc1cccc(C(=O)NCc2ccccc2C#CCO)c1. The Balaban J connectivity index is 2.08. The summed E-state index contributed by atoms with van der Waals surface area (Å²) in [6.45, 7) is 2.18. The maximum atomic E-state index is 12.1. The van der Waals surface area contributed by atoms with Gasteiger partial charge in [-0.3, -0.25) is 4.79 Å². The van der Waals surface area contributed by atoms with Crippen molar-refractivity contribution in [1.29, 1.82) is 0 Å². The highest BCUT2D eigenvalue weighted by Crippen LogP contribution is 2.08. The Morgan fingerprint density at radius 1 is 1.19 bits per heavy atom. The summed E-state index contributed by atoms with van der Waals surface area (Å²) in [5.41, 5.74) is 3.45. The number of carbonyl (C=O) groups excluding carboxylic acids is 1. The molecule has 0 radical (unpaired) electrons. The second-order valence-corrected chi connectivity index (χ2v) is 4.67. The molecule has 21 heavy (non-hydrogen) atoms. The Kier molecular flexibility index (Phi) is 5.14. The third-order valence-corrected chi connectivity index (χ3v) is 3.04. The number of nitrogens with one attached hydrogen (secondary N) is 1.